The van der Waals surface area contributed by atoms with Crippen LogP contribution in [0.25, 0.3) is 17.2 Å². The van der Waals surface area contributed by atoms with E-state index in [1.165, 1.54) is 0 Å². The maximum atomic E-state index is 12.5. The van der Waals surface area contributed by atoms with Gasteiger partial charge in [0.05, 0.1) is 12.1 Å². The first-order valence-corrected chi connectivity index (χ1v) is 10.7. The van der Waals surface area contributed by atoms with Gasteiger partial charge >= 0.3 is 0 Å². The van der Waals surface area contributed by atoms with E-state index in [1.807, 2.05) is 32.0 Å². The highest BCUT2D eigenvalue weighted by molar-refractivity contribution is 6.36. The maximum Gasteiger partial charge on any atom is 0.253 e. The Morgan fingerprint density at radius 3 is 2.69 bits per heavy atom. The molecule has 0 radical (unpaired) electrons. The molecule has 0 aliphatic rings. The van der Waals surface area contributed by atoms with Crippen LogP contribution in [0.1, 0.15) is 23.4 Å². The van der Waals surface area contributed by atoms with Crippen molar-refractivity contribution in [2.24, 2.45) is 0 Å². The molecule has 0 aliphatic heterocycles. The molecule has 0 aliphatic carbocycles. The molecule has 1 N–H and O–H groups in total. The minimum absolute atomic E-state index is 0.0932. The second kappa shape index (κ2) is 9.14. The summed E-state index contributed by atoms with van der Waals surface area (Å²) >= 11 is 12.3. The Labute approximate surface area is 195 Å². The normalized spacial score (nSPS) is 11.0. The largest absolute Gasteiger partial charge is 0.497 e. The van der Waals surface area contributed by atoms with Crippen LogP contribution in [0.15, 0.2) is 42.5 Å². The van der Waals surface area contributed by atoms with Crippen LogP contribution in [-0.2, 0) is 11.2 Å². The Hall–Kier alpha value is -3.16. The Morgan fingerprint density at radius 2 is 1.94 bits per heavy atom. The van der Waals surface area contributed by atoms with Crippen molar-refractivity contribution in [1.82, 2.24) is 19.6 Å². The van der Waals surface area contributed by atoms with Crippen LogP contribution in [0, 0.1) is 13.8 Å². The zero-order chi connectivity index (χ0) is 22.8. The number of nitrogens with one attached hydrogen (secondary N) is 1. The summed E-state index contributed by atoms with van der Waals surface area (Å²) in [5.74, 6) is 1.54. The zero-order valence-corrected chi connectivity index (χ0v) is 19.3. The Bertz CT molecular complexity index is 1320. The van der Waals surface area contributed by atoms with Crippen molar-refractivity contribution in [3.63, 3.8) is 0 Å². The van der Waals surface area contributed by atoms with E-state index in [1.54, 1.807) is 35.9 Å². The minimum atomic E-state index is -0.0932. The third kappa shape index (κ3) is 4.54. The average molecular weight is 470 g/mol. The van der Waals surface area contributed by atoms with Gasteiger partial charge in [0.1, 0.15) is 5.75 Å². The van der Waals surface area contributed by atoms with Crippen molar-refractivity contribution in [3.8, 4) is 17.1 Å². The number of anilines is 1. The smallest absolute Gasteiger partial charge is 0.253 e. The van der Waals surface area contributed by atoms with E-state index in [4.69, 9.17) is 27.9 Å². The van der Waals surface area contributed by atoms with Crippen LogP contribution >= 0.6 is 23.2 Å². The van der Waals surface area contributed by atoms with Crippen molar-refractivity contribution in [1.29, 1.82) is 0 Å². The summed E-state index contributed by atoms with van der Waals surface area (Å²) in [6.07, 6.45) is 0.823. The second-order valence-corrected chi connectivity index (χ2v) is 8.16. The molecule has 32 heavy (non-hydrogen) atoms. The van der Waals surface area contributed by atoms with Gasteiger partial charge in [-0.3, -0.25) is 4.79 Å². The highest BCUT2D eigenvalue weighted by Crippen LogP contribution is 2.29. The van der Waals surface area contributed by atoms with E-state index in [-0.39, 0.29) is 5.91 Å². The van der Waals surface area contributed by atoms with E-state index in [0.717, 1.165) is 17.0 Å². The molecule has 0 fully saturated rings. The first-order valence-electron chi connectivity index (χ1n) is 9.98. The van der Waals surface area contributed by atoms with Gasteiger partial charge in [0.2, 0.25) is 5.91 Å². The molecule has 2 aromatic carbocycles. The van der Waals surface area contributed by atoms with Gasteiger partial charge < -0.3 is 10.1 Å². The van der Waals surface area contributed by atoms with Crippen LogP contribution in [0.4, 0.5) is 5.69 Å². The fourth-order valence-electron chi connectivity index (χ4n) is 3.52. The first-order chi connectivity index (χ1) is 15.4. The summed E-state index contributed by atoms with van der Waals surface area (Å²) < 4.78 is 6.88. The lowest BCUT2D eigenvalue weighted by Gasteiger charge is -2.11. The molecule has 0 unspecified atom stereocenters. The summed E-state index contributed by atoms with van der Waals surface area (Å²) in [6.45, 7) is 3.85. The van der Waals surface area contributed by atoms with Crippen molar-refractivity contribution in [2.45, 2.75) is 26.7 Å². The van der Waals surface area contributed by atoms with Crippen LogP contribution in [-0.4, -0.2) is 32.6 Å². The quantitative estimate of drug-likeness (QED) is 0.414. The molecule has 0 bridgehead atoms. The Balaban J connectivity index is 1.55. The summed E-state index contributed by atoms with van der Waals surface area (Å²) in [4.78, 5) is 21.6. The van der Waals surface area contributed by atoms with Crippen LogP contribution in [0.5, 0.6) is 5.75 Å². The predicted octanol–water partition coefficient (Wildman–Crippen LogP) is 5.29. The van der Waals surface area contributed by atoms with Gasteiger partial charge in [0.15, 0.2) is 5.82 Å². The number of benzene rings is 2. The number of carbonyl (C=O) groups excluding carboxylic acids is 1. The SMILES string of the molecule is COc1cccc(NC(=O)CCc2c(C)nc3nc(-c4ccc(Cl)cc4Cl)nn3c2C)c1. The molecule has 0 atom stereocenters. The number of carbonyl (C=O) groups is 1. The average Bonchev–Trinajstić information content (AvgIpc) is 3.17. The Morgan fingerprint density at radius 1 is 1.12 bits per heavy atom. The topological polar surface area (TPSA) is 81.4 Å². The fourth-order valence-corrected chi connectivity index (χ4v) is 4.01. The lowest BCUT2D eigenvalue weighted by atomic mass is 10.1. The summed E-state index contributed by atoms with van der Waals surface area (Å²) in [6, 6.07) is 12.4. The van der Waals surface area contributed by atoms with Crippen LogP contribution in [0.3, 0.4) is 0 Å². The number of rotatable bonds is 6. The van der Waals surface area contributed by atoms with E-state index >= 15 is 0 Å². The number of aryl methyl sites for hydroxylation is 2. The first kappa shape index (κ1) is 22.0. The Kier molecular flexibility index (Phi) is 6.30. The van der Waals surface area contributed by atoms with Gasteiger partial charge in [-0.15, -0.1) is 5.10 Å². The number of ether oxygens (including phenoxy) is 1. The number of hydrogen-bond acceptors (Lipinski definition) is 5. The molecule has 164 valence electrons. The minimum Gasteiger partial charge on any atom is -0.497 e. The third-order valence-electron chi connectivity index (χ3n) is 5.18. The van der Waals surface area contributed by atoms with E-state index in [2.05, 4.69) is 20.4 Å². The summed E-state index contributed by atoms with van der Waals surface area (Å²) in [5, 5.41) is 8.50. The fraction of sp³-hybridized carbons (Fsp3) is 0.217. The second-order valence-electron chi connectivity index (χ2n) is 7.31. The van der Waals surface area contributed by atoms with Gasteiger partial charge in [0, 0.05) is 40.1 Å². The van der Waals surface area contributed by atoms with Crippen molar-refractivity contribution < 1.29 is 9.53 Å². The van der Waals surface area contributed by atoms with Gasteiger partial charge in [-0.2, -0.15) is 4.98 Å². The monoisotopic (exact) mass is 469 g/mol. The van der Waals surface area contributed by atoms with Crippen LogP contribution in [0.2, 0.25) is 10.0 Å². The molecule has 0 saturated carbocycles. The number of halogens is 2. The third-order valence-corrected chi connectivity index (χ3v) is 5.72. The zero-order valence-electron chi connectivity index (χ0n) is 17.8. The van der Waals surface area contributed by atoms with Crippen LogP contribution < -0.4 is 10.1 Å². The number of methoxy groups -OCH3 is 1. The molecule has 9 heteroatoms. The van der Waals surface area contributed by atoms with Crippen molar-refractivity contribution in [2.75, 3.05) is 12.4 Å². The van der Waals surface area contributed by atoms with E-state index in [0.29, 0.717) is 51.5 Å². The number of nitrogens with zero attached hydrogens (tertiary/aromatic N) is 4. The highest BCUT2D eigenvalue weighted by atomic mass is 35.5. The van der Waals surface area contributed by atoms with E-state index < -0.39 is 0 Å². The summed E-state index contributed by atoms with van der Waals surface area (Å²) in [5.41, 5.74) is 4.02. The molecule has 7 nitrogen and oxygen atoms in total. The molecule has 1 amide bonds. The van der Waals surface area contributed by atoms with Gasteiger partial charge in [-0.05, 0) is 56.2 Å². The lowest BCUT2D eigenvalue weighted by molar-refractivity contribution is -0.116. The number of amides is 1. The lowest BCUT2D eigenvalue weighted by Crippen LogP contribution is -2.14. The molecule has 4 aromatic rings. The van der Waals surface area contributed by atoms with Gasteiger partial charge in [-0.1, -0.05) is 29.3 Å². The standard InChI is InChI=1S/C23H21Cl2N5O2/c1-13-18(9-10-21(31)27-16-5-4-6-17(12-16)32-3)14(2)30-23(26-13)28-22(29-30)19-8-7-15(24)11-20(19)25/h4-8,11-12H,9-10H2,1-3H3,(H,27,31). The molecule has 2 heterocycles. The molecule has 2 aromatic heterocycles. The van der Waals surface area contributed by atoms with Gasteiger partial charge in [-0.25, -0.2) is 9.50 Å². The number of hydrogen-bond donors (Lipinski definition) is 1. The number of fused-ring (bicyclic) bond motifs is 1. The number of aromatic nitrogens is 4. The molecular weight excluding hydrogens is 449 g/mol. The predicted molar refractivity (Wildman–Crippen MR) is 126 cm³/mol. The maximum absolute atomic E-state index is 12.5. The molecular formula is C23H21Cl2N5O2. The molecule has 0 spiro atoms. The van der Waals surface area contributed by atoms with Crippen molar-refractivity contribution >= 4 is 40.6 Å². The van der Waals surface area contributed by atoms with E-state index in [9.17, 15) is 4.79 Å². The highest BCUT2D eigenvalue weighted by Gasteiger charge is 2.17. The van der Waals surface area contributed by atoms with Crippen molar-refractivity contribution in [3.05, 3.63) is 69.5 Å². The molecule has 0 saturated heterocycles. The molecule has 4 rings (SSSR count). The van der Waals surface area contributed by atoms with Gasteiger partial charge in [0.25, 0.3) is 5.78 Å². The summed E-state index contributed by atoms with van der Waals surface area (Å²) in [7, 11) is 1.59.